The first-order valence-corrected chi connectivity index (χ1v) is 7.22. The number of aryl methyl sites for hydroxylation is 2. The zero-order chi connectivity index (χ0) is 15.8. The number of carbonyl (C=O) groups is 1. The average Bonchev–Trinajstić information content (AvgIpc) is 2.71. The van der Waals surface area contributed by atoms with Crippen LogP contribution in [0.2, 0.25) is 0 Å². The topological polar surface area (TPSA) is 130 Å². The normalized spacial score (nSPS) is 11.3. The van der Waals surface area contributed by atoms with Gasteiger partial charge in [-0.3, -0.25) is 4.72 Å². The number of carboxylic acid groups (broad SMARTS) is 1. The Labute approximate surface area is 120 Å². The van der Waals surface area contributed by atoms with Crippen molar-refractivity contribution in [3.05, 3.63) is 35.2 Å². The molecule has 8 nitrogen and oxygen atoms in total. The second-order valence-electron chi connectivity index (χ2n) is 4.30. The number of phenolic OH excluding ortho intramolecular Hbond substituents is 1. The highest BCUT2D eigenvalue weighted by molar-refractivity contribution is 7.92. The van der Waals surface area contributed by atoms with Gasteiger partial charge in [0.25, 0.3) is 10.0 Å². The molecule has 9 heteroatoms. The molecule has 112 valence electrons. The molecule has 0 aliphatic rings. The Morgan fingerprint density at radius 2 is 2.00 bits per heavy atom. The molecule has 0 saturated carbocycles. The molecule has 0 radical (unpaired) electrons. The van der Waals surface area contributed by atoms with Gasteiger partial charge in [0.1, 0.15) is 11.4 Å². The van der Waals surface area contributed by atoms with Gasteiger partial charge >= 0.3 is 5.97 Å². The summed E-state index contributed by atoms with van der Waals surface area (Å²) in [6.07, 6.45) is 0. The maximum Gasteiger partial charge on any atom is 0.335 e. The predicted molar refractivity (Wildman–Crippen MR) is 71.9 cm³/mol. The number of aromatic hydroxyl groups is 1. The fourth-order valence-electron chi connectivity index (χ4n) is 1.80. The Morgan fingerprint density at radius 3 is 2.52 bits per heavy atom. The summed E-state index contributed by atoms with van der Waals surface area (Å²) in [6.45, 7) is 2.89. The van der Waals surface area contributed by atoms with Crippen LogP contribution in [0.1, 0.15) is 21.8 Å². The van der Waals surface area contributed by atoms with Crippen LogP contribution in [0.3, 0.4) is 0 Å². The second kappa shape index (κ2) is 5.09. The zero-order valence-electron chi connectivity index (χ0n) is 11.1. The summed E-state index contributed by atoms with van der Waals surface area (Å²) in [4.78, 5) is 10.7. The highest BCUT2D eigenvalue weighted by Gasteiger charge is 2.25. The Balaban J connectivity index is 2.46. The van der Waals surface area contributed by atoms with Crippen LogP contribution in [-0.2, 0) is 10.0 Å². The number of benzene rings is 1. The lowest BCUT2D eigenvalue weighted by molar-refractivity contribution is 0.0697. The summed E-state index contributed by atoms with van der Waals surface area (Å²) < 4.78 is 31.4. The molecule has 2 aromatic rings. The van der Waals surface area contributed by atoms with E-state index in [1.165, 1.54) is 13.8 Å². The minimum atomic E-state index is -4.06. The third-order valence-electron chi connectivity index (χ3n) is 2.72. The molecular weight excluding hydrogens is 300 g/mol. The first kappa shape index (κ1) is 14.9. The van der Waals surface area contributed by atoms with Gasteiger partial charge in [-0.15, -0.1) is 0 Å². The summed E-state index contributed by atoms with van der Waals surface area (Å²) >= 11 is 0. The molecule has 0 unspecified atom stereocenters. The maximum absolute atomic E-state index is 12.3. The molecule has 1 aromatic heterocycles. The lowest BCUT2D eigenvalue weighted by Gasteiger charge is -2.10. The van der Waals surface area contributed by atoms with Crippen LogP contribution in [0, 0.1) is 13.8 Å². The molecule has 0 spiro atoms. The van der Waals surface area contributed by atoms with E-state index < -0.39 is 21.7 Å². The SMILES string of the molecule is Cc1noc(C)c1S(=O)(=O)Nc1cc(C(=O)O)ccc1O. The van der Waals surface area contributed by atoms with Crippen LogP contribution in [0.5, 0.6) is 5.75 Å². The Morgan fingerprint density at radius 1 is 1.33 bits per heavy atom. The van der Waals surface area contributed by atoms with Crippen LogP contribution in [0.25, 0.3) is 0 Å². The average molecular weight is 312 g/mol. The minimum Gasteiger partial charge on any atom is -0.506 e. The quantitative estimate of drug-likeness (QED) is 0.729. The minimum absolute atomic E-state index is 0.0916. The number of rotatable bonds is 4. The molecule has 0 bridgehead atoms. The number of anilines is 1. The summed E-state index contributed by atoms with van der Waals surface area (Å²) in [6, 6.07) is 3.27. The van der Waals surface area contributed by atoms with Gasteiger partial charge in [-0.2, -0.15) is 0 Å². The van der Waals surface area contributed by atoms with Gasteiger partial charge in [-0.25, -0.2) is 13.2 Å². The van der Waals surface area contributed by atoms with Crippen LogP contribution < -0.4 is 4.72 Å². The van der Waals surface area contributed by atoms with Crippen LogP contribution in [0.4, 0.5) is 5.69 Å². The van der Waals surface area contributed by atoms with Crippen molar-refractivity contribution in [2.24, 2.45) is 0 Å². The molecule has 0 aliphatic carbocycles. The largest absolute Gasteiger partial charge is 0.506 e. The number of phenols is 1. The Kier molecular flexibility index (Phi) is 3.60. The first-order valence-electron chi connectivity index (χ1n) is 5.74. The monoisotopic (exact) mass is 312 g/mol. The van der Waals surface area contributed by atoms with Crippen molar-refractivity contribution in [3.8, 4) is 5.75 Å². The van der Waals surface area contributed by atoms with E-state index in [4.69, 9.17) is 9.63 Å². The third kappa shape index (κ3) is 2.82. The summed E-state index contributed by atoms with van der Waals surface area (Å²) in [5.41, 5.74) is -0.243. The van der Waals surface area contributed by atoms with E-state index in [9.17, 15) is 18.3 Å². The lowest BCUT2D eigenvalue weighted by atomic mass is 10.2. The van der Waals surface area contributed by atoms with Crippen LogP contribution in [0.15, 0.2) is 27.6 Å². The standard InChI is InChI=1S/C12H12N2O6S/c1-6-11(7(2)20-13-6)21(18,19)14-9-5-8(12(16)17)3-4-10(9)15/h3-5,14-15H,1-2H3,(H,16,17). The summed E-state index contributed by atoms with van der Waals surface area (Å²) in [7, 11) is -4.06. The van der Waals surface area contributed by atoms with E-state index >= 15 is 0 Å². The Hall–Kier alpha value is -2.55. The van der Waals surface area contributed by atoms with Gasteiger partial charge < -0.3 is 14.7 Å². The van der Waals surface area contributed by atoms with E-state index in [0.717, 1.165) is 18.2 Å². The third-order valence-corrected chi connectivity index (χ3v) is 4.33. The highest BCUT2D eigenvalue weighted by Crippen LogP contribution is 2.28. The second-order valence-corrected chi connectivity index (χ2v) is 5.92. The molecule has 0 saturated heterocycles. The fourth-order valence-corrected chi connectivity index (χ4v) is 3.20. The van der Waals surface area contributed by atoms with E-state index in [2.05, 4.69) is 9.88 Å². The van der Waals surface area contributed by atoms with E-state index in [0.29, 0.717) is 0 Å². The van der Waals surface area contributed by atoms with E-state index in [-0.39, 0.29) is 27.6 Å². The molecule has 0 amide bonds. The molecule has 1 heterocycles. The number of aromatic carboxylic acids is 1. The maximum atomic E-state index is 12.3. The number of nitrogens with zero attached hydrogens (tertiary/aromatic N) is 1. The number of carboxylic acids is 1. The molecular formula is C12H12N2O6S. The van der Waals surface area contributed by atoms with Gasteiger partial charge in [0.05, 0.1) is 11.3 Å². The number of sulfonamides is 1. The molecule has 3 N–H and O–H groups in total. The summed E-state index contributed by atoms with van der Waals surface area (Å²) in [5, 5.41) is 22.1. The number of hydrogen-bond donors (Lipinski definition) is 3. The lowest BCUT2D eigenvalue weighted by Crippen LogP contribution is -2.15. The smallest absolute Gasteiger partial charge is 0.335 e. The number of nitrogens with one attached hydrogen (secondary N) is 1. The van der Waals surface area contributed by atoms with Gasteiger partial charge in [0, 0.05) is 0 Å². The van der Waals surface area contributed by atoms with Crippen molar-refractivity contribution in [2.45, 2.75) is 18.7 Å². The van der Waals surface area contributed by atoms with Gasteiger partial charge in [0.2, 0.25) is 0 Å². The van der Waals surface area contributed by atoms with Gasteiger partial charge in [0.15, 0.2) is 10.7 Å². The first-order chi connectivity index (χ1) is 9.72. The predicted octanol–water partition coefficient (Wildman–Crippen LogP) is 1.50. The van der Waals surface area contributed by atoms with Crippen molar-refractivity contribution < 1.29 is 27.9 Å². The number of hydrogen-bond acceptors (Lipinski definition) is 6. The van der Waals surface area contributed by atoms with Crippen LogP contribution in [-0.4, -0.2) is 29.8 Å². The van der Waals surface area contributed by atoms with Gasteiger partial charge in [-0.1, -0.05) is 5.16 Å². The fraction of sp³-hybridized carbons (Fsp3) is 0.167. The molecule has 0 atom stereocenters. The molecule has 1 aromatic carbocycles. The van der Waals surface area contributed by atoms with Crippen molar-refractivity contribution in [3.63, 3.8) is 0 Å². The van der Waals surface area contributed by atoms with Crippen molar-refractivity contribution in [1.82, 2.24) is 5.16 Å². The Bertz CT molecular complexity index is 790. The van der Waals surface area contributed by atoms with E-state index in [1.807, 2.05) is 0 Å². The number of aromatic nitrogens is 1. The van der Waals surface area contributed by atoms with Crippen molar-refractivity contribution >= 4 is 21.7 Å². The molecule has 2 rings (SSSR count). The van der Waals surface area contributed by atoms with Crippen LogP contribution >= 0.6 is 0 Å². The van der Waals surface area contributed by atoms with Gasteiger partial charge in [-0.05, 0) is 32.0 Å². The molecule has 0 aliphatic heterocycles. The van der Waals surface area contributed by atoms with Crippen molar-refractivity contribution in [1.29, 1.82) is 0 Å². The van der Waals surface area contributed by atoms with E-state index in [1.54, 1.807) is 0 Å². The molecule has 0 fully saturated rings. The zero-order valence-corrected chi connectivity index (χ0v) is 11.9. The van der Waals surface area contributed by atoms with Crippen molar-refractivity contribution in [2.75, 3.05) is 4.72 Å². The summed E-state index contributed by atoms with van der Waals surface area (Å²) in [5.74, 6) is -1.54. The molecule has 21 heavy (non-hydrogen) atoms. The highest BCUT2D eigenvalue weighted by atomic mass is 32.2.